The van der Waals surface area contributed by atoms with Crippen molar-refractivity contribution in [1.82, 2.24) is 0 Å². The maximum atomic E-state index is 11.8. The molecule has 22 heavy (non-hydrogen) atoms. The van der Waals surface area contributed by atoms with Crippen LogP contribution in [0.25, 0.3) is 0 Å². The number of hydrogen-bond donors (Lipinski definition) is 1. The second kappa shape index (κ2) is 6.68. The first-order valence-corrected chi connectivity index (χ1v) is 6.41. The van der Waals surface area contributed by atoms with Crippen LogP contribution in [0.5, 0.6) is 0 Å². The van der Waals surface area contributed by atoms with Gasteiger partial charge in [0.1, 0.15) is 0 Å². The number of benzene rings is 2. The van der Waals surface area contributed by atoms with Gasteiger partial charge in [0.2, 0.25) is 0 Å². The maximum absolute atomic E-state index is 11.8. The zero-order valence-electron chi connectivity index (χ0n) is 11.1. The Kier molecular flexibility index (Phi) is 4.70. The zero-order valence-corrected chi connectivity index (χ0v) is 11.9. The summed E-state index contributed by atoms with van der Waals surface area (Å²) in [6, 6.07) is 11.7. The largest absolute Gasteiger partial charge is 0.380 e. The van der Waals surface area contributed by atoms with E-state index in [1.165, 1.54) is 18.2 Å². The van der Waals surface area contributed by atoms with E-state index in [-0.39, 0.29) is 17.1 Å². The molecule has 0 spiro atoms. The van der Waals surface area contributed by atoms with Gasteiger partial charge in [0.15, 0.2) is 5.84 Å². The third kappa shape index (κ3) is 3.58. The minimum Gasteiger partial charge on any atom is -0.380 e. The molecule has 7 nitrogen and oxygen atoms in total. The summed E-state index contributed by atoms with van der Waals surface area (Å²) in [5.41, 5.74) is 5.86. The van der Waals surface area contributed by atoms with Gasteiger partial charge in [0.25, 0.3) is 5.69 Å². The summed E-state index contributed by atoms with van der Waals surface area (Å²) < 4.78 is 0. The van der Waals surface area contributed by atoms with E-state index in [0.717, 1.165) is 6.07 Å². The molecule has 8 heteroatoms. The SMILES string of the molecule is N/C(=N/OC(=O)c1cccc([N+](=O)[O-])c1)c1ccccc1Cl. The molecule has 2 aromatic carbocycles. The van der Waals surface area contributed by atoms with Gasteiger partial charge >= 0.3 is 5.97 Å². The monoisotopic (exact) mass is 319 g/mol. The van der Waals surface area contributed by atoms with Gasteiger partial charge in [-0.25, -0.2) is 4.79 Å². The third-order valence-electron chi connectivity index (χ3n) is 2.67. The highest BCUT2D eigenvalue weighted by atomic mass is 35.5. The van der Waals surface area contributed by atoms with Crippen LogP contribution >= 0.6 is 11.6 Å². The fourth-order valence-corrected chi connectivity index (χ4v) is 1.84. The van der Waals surface area contributed by atoms with Crippen molar-refractivity contribution in [3.05, 3.63) is 74.8 Å². The molecule has 0 aromatic heterocycles. The van der Waals surface area contributed by atoms with E-state index in [1.807, 2.05) is 0 Å². The number of halogens is 1. The number of nitrogens with zero attached hydrogens (tertiary/aromatic N) is 2. The van der Waals surface area contributed by atoms with Crippen molar-refractivity contribution in [3.8, 4) is 0 Å². The van der Waals surface area contributed by atoms with E-state index in [9.17, 15) is 14.9 Å². The molecule has 0 fully saturated rings. The molecule has 2 N–H and O–H groups in total. The molecule has 0 aliphatic heterocycles. The van der Waals surface area contributed by atoms with Gasteiger partial charge in [0, 0.05) is 17.7 Å². The normalized spacial score (nSPS) is 11.0. The summed E-state index contributed by atoms with van der Waals surface area (Å²) in [5.74, 6) is -0.942. The fraction of sp³-hybridized carbons (Fsp3) is 0. The average molecular weight is 320 g/mol. The van der Waals surface area contributed by atoms with Crippen molar-refractivity contribution in [1.29, 1.82) is 0 Å². The molecule has 0 aliphatic carbocycles. The van der Waals surface area contributed by atoms with Crippen LogP contribution in [0.15, 0.2) is 53.7 Å². The van der Waals surface area contributed by atoms with Crippen LogP contribution in [0.1, 0.15) is 15.9 Å². The molecular formula is C14H10ClN3O4. The molecule has 0 saturated heterocycles. The number of nitro benzene ring substituents is 1. The number of non-ortho nitro benzene ring substituents is 1. The van der Waals surface area contributed by atoms with Gasteiger partial charge in [-0.15, -0.1) is 0 Å². The Morgan fingerprint density at radius 1 is 1.23 bits per heavy atom. The van der Waals surface area contributed by atoms with Crippen LogP contribution in [-0.4, -0.2) is 16.7 Å². The highest BCUT2D eigenvalue weighted by Gasteiger charge is 2.13. The lowest BCUT2D eigenvalue weighted by Gasteiger charge is -2.03. The minimum absolute atomic E-state index is 0.00934. The van der Waals surface area contributed by atoms with Crippen molar-refractivity contribution in [2.24, 2.45) is 10.9 Å². The highest BCUT2D eigenvalue weighted by molar-refractivity contribution is 6.34. The number of hydrogen-bond acceptors (Lipinski definition) is 5. The molecular weight excluding hydrogens is 310 g/mol. The Balaban J connectivity index is 2.16. The van der Waals surface area contributed by atoms with Gasteiger partial charge in [-0.1, -0.05) is 35.0 Å². The van der Waals surface area contributed by atoms with Crippen LogP contribution in [0, 0.1) is 10.1 Å². The molecule has 0 bridgehead atoms. The van der Waals surface area contributed by atoms with E-state index in [1.54, 1.807) is 24.3 Å². The summed E-state index contributed by atoms with van der Waals surface area (Å²) in [6.45, 7) is 0. The number of oxime groups is 1. The van der Waals surface area contributed by atoms with E-state index in [4.69, 9.17) is 17.3 Å². The van der Waals surface area contributed by atoms with Crippen molar-refractivity contribution < 1.29 is 14.6 Å². The molecule has 0 unspecified atom stereocenters. The molecule has 0 atom stereocenters. The average Bonchev–Trinajstić information content (AvgIpc) is 2.52. The molecule has 2 rings (SSSR count). The lowest BCUT2D eigenvalue weighted by molar-refractivity contribution is -0.384. The summed E-state index contributed by atoms with van der Waals surface area (Å²) >= 11 is 5.93. The molecule has 0 heterocycles. The van der Waals surface area contributed by atoms with Gasteiger partial charge in [-0.2, -0.15) is 0 Å². The lowest BCUT2D eigenvalue weighted by Crippen LogP contribution is -2.15. The van der Waals surface area contributed by atoms with Gasteiger partial charge < -0.3 is 10.6 Å². The first-order chi connectivity index (χ1) is 10.5. The second-order valence-corrected chi connectivity index (χ2v) is 4.55. The van der Waals surface area contributed by atoms with Crippen molar-refractivity contribution in [3.63, 3.8) is 0 Å². The summed E-state index contributed by atoms with van der Waals surface area (Å²) in [5, 5.41) is 14.5. The maximum Gasteiger partial charge on any atom is 0.366 e. The van der Waals surface area contributed by atoms with Crippen LogP contribution < -0.4 is 5.73 Å². The quantitative estimate of drug-likeness (QED) is 0.306. The predicted octanol–water partition coefficient (Wildman–Crippen LogP) is 2.73. The topological polar surface area (TPSA) is 108 Å². The number of nitrogens with two attached hydrogens (primary N) is 1. The summed E-state index contributed by atoms with van der Waals surface area (Å²) in [6.07, 6.45) is 0. The Bertz CT molecular complexity index is 761. The van der Waals surface area contributed by atoms with Crippen LogP contribution in [0.2, 0.25) is 5.02 Å². The zero-order chi connectivity index (χ0) is 16.1. The lowest BCUT2D eigenvalue weighted by atomic mass is 10.2. The van der Waals surface area contributed by atoms with E-state index >= 15 is 0 Å². The second-order valence-electron chi connectivity index (χ2n) is 4.14. The van der Waals surface area contributed by atoms with Crippen LogP contribution in [-0.2, 0) is 4.84 Å². The number of carbonyl (C=O) groups excluding carboxylic acids is 1. The van der Waals surface area contributed by atoms with Crippen LogP contribution in [0.4, 0.5) is 5.69 Å². The molecule has 2 aromatic rings. The van der Waals surface area contributed by atoms with E-state index < -0.39 is 10.9 Å². The van der Waals surface area contributed by atoms with Crippen molar-refractivity contribution in [2.45, 2.75) is 0 Å². The molecule has 0 saturated carbocycles. The van der Waals surface area contributed by atoms with Crippen molar-refractivity contribution >= 4 is 29.1 Å². The summed E-state index contributed by atoms with van der Waals surface area (Å²) in [4.78, 5) is 26.5. The number of amidine groups is 1. The van der Waals surface area contributed by atoms with Gasteiger partial charge in [-0.05, 0) is 18.2 Å². The standard InChI is InChI=1S/C14H10ClN3O4/c15-12-7-2-1-6-11(12)13(16)17-22-14(19)9-4-3-5-10(8-9)18(20)21/h1-8H,(H2,16,17). The Hall–Kier alpha value is -2.93. The fourth-order valence-electron chi connectivity index (χ4n) is 1.61. The van der Waals surface area contributed by atoms with Crippen molar-refractivity contribution in [2.75, 3.05) is 0 Å². The number of nitro groups is 1. The minimum atomic E-state index is -0.862. The number of carbonyl (C=O) groups is 1. The Morgan fingerprint density at radius 3 is 2.64 bits per heavy atom. The first-order valence-electron chi connectivity index (χ1n) is 6.03. The molecule has 0 amide bonds. The highest BCUT2D eigenvalue weighted by Crippen LogP contribution is 2.16. The van der Waals surface area contributed by atoms with Crippen LogP contribution in [0.3, 0.4) is 0 Å². The number of rotatable bonds is 4. The molecule has 112 valence electrons. The Morgan fingerprint density at radius 2 is 1.95 bits per heavy atom. The van der Waals surface area contributed by atoms with Gasteiger partial charge in [-0.3, -0.25) is 10.1 Å². The van der Waals surface area contributed by atoms with E-state index in [0.29, 0.717) is 10.6 Å². The summed E-state index contributed by atoms with van der Waals surface area (Å²) in [7, 11) is 0. The van der Waals surface area contributed by atoms with Gasteiger partial charge in [0.05, 0.1) is 15.5 Å². The predicted molar refractivity (Wildman–Crippen MR) is 80.7 cm³/mol. The van der Waals surface area contributed by atoms with E-state index in [2.05, 4.69) is 9.99 Å². The smallest absolute Gasteiger partial charge is 0.366 e. The molecule has 0 aliphatic rings. The molecule has 0 radical (unpaired) electrons. The first kappa shape index (κ1) is 15.5. The Labute approximate surface area is 130 Å². The third-order valence-corrected chi connectivity index (χ3v) is 3.00.